The summed E-state index contributed by atoms with van der Waals surface area (Å²) in [7, 11) is 0. The van der Waals surface area contributed by atoms with Gasteiger partial charge in [0.2, 0.25) is 5.91 Å². The van der Waals surface area contributed by atoms with Crippen molar-refractivity contribution in [2.24, 2.45) is 0 Å². The molecule has 0 spiro atoms. The number of aliphatic hydroxyl groups excluding tert-OH is 2. The highest BCUT2D eigenvalue weighted by Crippen LogP contribution is 2.19. The molecule has 0 rings (SSSR count). The molecule has 0 aromatic heterocycles. The van der Waals surface area contributed by atoms with Crippen molar-refractivity contribution in [1.82, 2.24) is 5.32 Å². The third-order valence-electron chi connectivity index (χ3n) is 17.6. The lowest BCUT2D eigenvalue weighted by atomic mass is 10.0. The largest absolute Gasteiger partial charge is 0.466 e. The fourth-order valence-electron chi connectivity index (χ4n) is 11.8. The number of rotatable bonds is 71. The van der Waals surface area contributed by atoms with E-state index in [1.807, 2.05) is 6.08 Å². The van der Waals surface area contributed by atoms with Crippen LogP contribution in [-0.2, 0) is 14.3 Å². The van der Waals surface area contributed by atoms with Crippen molar-refractivity contribution in [2.75, 3.05) is 13.2 Å². The predicted molar refractivity (Wildman–Crippen MR) is 370 cm³/mol. The minimum Gasteiger partial charge on any atom is -0.466 e. The molecule has 6 heteroatoms. The number of hydrogen-bond acceptors (Lipinski definition) is 5. The topological polar surface area (TPSA) is 95.9 Å². The summed E-state index contributed by atoms with van der Waals surface area (Å²) in [5.74, 6) is -0.0636. The van der Waals surface area contributed by atoms with Crippen molar-refractivity contribution in [3.63, 3.8) is 0 Å². The maximum atomic E-state index is 12.5. The van der Waals surface area contributed by atoms with Gasteiger partial charge in [-0.15, -0.1) is 0 Å². The fraction of sp³-hybridized carbons (Fsp3) is 0.872. The number of carbonyl (C=O) groups excluding carboxylic acids is 2. The zero-order valence-corrected chi connectivity index (χ0v) is 56.6. The molecule has 3 N–H and O–H groups in total. The molecular formula is C78H147NO5. The molecule has 494 valence electrons. The first kappa shape index (κ1) is 81.8. The van der Waals surface area contributed by atoms with Gasteiger partial charge in [-0.05, 0) is 89.9 Å². The number of amides is 1. The first-order valence-corrected chi connectivity index (χ1v) is 37.9. The van der Waals surface area contributed by atoms with Crippen LogP contribution in [0.15, 0.2) is 48.6 Å². The van der Waals surface area contributed by atoms with Crippen LogP contribution in [0, 0.1) is 0 Å². The number of ether oxygens (including phenoxy) is 1. The van der Waals surface area contributed by atoms with E-state index in [-0.39, 0.29) is 18.5 Å². The van der Waals surface area contributed by atoms with Crippen LogP contribution in [0.3, 0.4) is 0 Å². The van der Waals surface area contributed by atoms with Gasteiger partial charge in [-0.3, -0.25) is 9.59 Å². The summed E-state index contributed by atoms with van der Waals surface area (Å²) in [6.07, 6.45) is 96.4. The van der Waals surface area contributed by atoms with Crippen LogP contribution < -0.4 is 5.32 Å². The summed E-state index contributed by atoms with van der Waals surface area (Å²) in [5, 5.41) is 23.3. The Kier molecular flexibility index (Phi) is 71.4. The number of hydrogen-bond donors (Lipinski definition) is 3. The van der Waals surface area contributed by atoms with Crippen molar-refractivity contribution in [3.05, 3.63) is 48.6 Å². The van der Waals surface area contributed by atoms with Crippen molar-refractivity contribution >= 4 is 11.9 Å². The van der Waals surface area contributed by atoms with Gasteiger partial charge >= 0.3 is 5.97 Å². The van der Waals surface area contributed by atoms with Crippen molar-refractivity contribution in [2.45, 2.75) is 424 Å². The highest BCUT2D eigenvalue weighted by atomic mass is 16.5. The fourth-order valence-corrected chi connectivity index (χ4v) is 11.8. The number of nitrogens with one attached hydrogen (secondary N) is 1. The first-order chi connectivity index (χ1) is 41.5. The van der Waals surface area contributed by atoms with E-state index in [1.54, 1.807) is 6.08 Å². The lowest BCUT2D eigenvalue weighted by Crippen LogP contribution is -2.45. The molecule has 0 saturated heterocycles. The summed E-state index contributed by atoms with van der Waals surface area (Å²) < 4.78 is 5.49. The molecule has 84 heavy (non-hydrogen) atoms. The van der Waals surface area contributed by atoms with E-state index in [2.05, 4.69) is 55.6 Å². The molecular weight excluding hydrogens is 1030 g/mol. The summed E-state index contributed by atoms with van der Waals surface area (Å²) in [6, 6.07) is -0.631. The second kappa shape index (κ2) is 73.3. The Hall–Kier alpha value is -2.18. The van der Waals surface area contributed by atoms with E-state index in [9.17, 15) is 19.8 Å². The lowest BCUT2D eigenvalue weighted by molar-refractivity contribution is -0.143. The van der Waals surface area contributed by atoms with Crippen LogP contribution in [0.4, 0.5) is 0 Å². The average molecular weight is 1180 g/mol. The Labute approximate surface area is 525 Å². The molecule has 0 aliphatic carbocycles. The Morgan fingerprint density at radius 3 is 0.940 bits per heavy atom. The second-order valence-corrected chi connectivity index (χ2v) is 26.0. The van der Waals surface area contributed by atoms with Gasteiger partial charge < -0.3 is 20.3 Å². The van der Waals surface area contributed by atoms with Gasteiger partial charge in [-0.2, -0.15) is 0 Å². The van der Waals surface area contributed by atoms with Gasteiger partial charge in [0.25, 0.3) is 0 Å². The maximum absolute atomic E-state index is 12.5. The molecule has 0 radical (unpaired) electrons. The van der Waals surface area contributed by atoms with Crippen LogP contribution in [0.2, 0.25) is 0 Å². The third-order valence-corrected chi connectivity index (χ3v) is 17.6. The molecule has 0 aliphatic heterocycles. The summed E-state index contributed by atoms with van der Waals surface area (Å²) in [6.45, 7) is 4.91. The average Bonchev–Trinajstić information content (AvgIpc) is 3.51. The number of unbranched alkanes of at least 4 members (excludes halogenated alkanes) is 54. The van der Waals surface area contributed by atoms with Gasteiger partial charge in [0, 0.05) is 12.8 Å². The second-order valence-electron chi connectivity index (χ2n) is 26.0. The van der Waals surface area contributed by atoms with Gasteiger partial charge in [-0.25, -0.2) is 0 Å². The van der Waals surface area contributed by atoms with Gasteiger partial charge in [0.05, 0.1) is 25.4 Å². The molecule has 0 aliphatic rings. The standard InChI is InChI=1S/C78H147NO5/c1-3-5-7-9-11-13-15-17-19-20-21-22-23-27-30-33-36-39-43-46-50-54-58-62-66-70-76(81)75(74-80)79-77(82)71-67-63-59-55-51-47-44-40-37-34-31-28-25-24-26-29-32-35-38-41-45-49-53-57-61-65-69-73-84-78(83)72-68-64-60-56-52-48-42-18-16-14-12-10-8-6-4-2/h12,14,18,24-25,42,66,70,75-76,80-81H,3-11,13,15-17,19-23,26-41,43-65,67-69,71-74H2,1-2H3,(H,79,82)/b14-12-,25-24-,42-18-,70-66+. The molecule has 0 aromatic rings. The number of allylic oxidation sites excluding steroid dienone is 7. The number of esters is 1. The minimum absolute atomic E-state index is 0.00109. The molecule has 2 atom stereocenters. The molecule has 2 unspecified atom stereocenters. The number of carbonyl (C=O) groups is 2. The van der Waals surface area contributed by atoms with Crippen LogP contribution in [0.1, 0.15) is 412 Å². The van der Waals surface area contributed by atoms with Crippen LogP contribution >= 0.6 is 0 Å². The van der Waals surface area contributed by atoms with Gasteiger partial charge in [-0.1, -0.05) is 358 Å². The third kappa shape index (κ3) is 68.9. The number of aliphatic hydroxyl groups is 2. The van der Waals surface area contributed by atoms with Crippen molar-refractivity contribution in [3.8, 4) is 0 Å². The Morgan fingerprint density at radius 2 is 0.595 bits per heavy atom. The predicted octanol–water partition coefficient (Wildman–Crippen LogP) is 24.8. The molecule has 0 bridgehead atoms. The maximum Gasteiger partial charge on any atom is 0.305 e. The summed E-state index contributed by atoms with van der Waals surface area (Å²) >= 11 is 0. The van der Waals surface area contributed by atoms with E-state index in [0.717, 1.165) is 51.4 Å². The van der Waals surface area contributed by atoms with E-state index in [1.165, 1.54) is 334 Å². The van der Waals surface area contributed by atoms with E-state index in [0.29, 0.717) is 19.4 Å². The smallest absolute Gasteiger partial charge is 0.305 e. The zero-order valence-electron chi connectivity index (χ0n) is 56.6. The minimum atomic E-state index is -0.848. The molecule has 1 amide bonds. The lowest BCUT2D eigenvalue weighted by Gasteiger charge is -2.20. The molecule has 6 nitrogen and oxygen atoms in total. The van der Waals surface area contributed by atoms with Crippen LogP contribution in [0.5, 0.6) is 0 Å². The Balaban J connectivity index is 3.42. The van der Waals surface area contributed by atoms with Gasteiger partial charge in [0.1, 0.15) is 0 Å². The van der Waals surface area contributed by atoms with Crippen molar-refractivity contribution in [1.29, 1.82) is 0 Å². The monoisotopic (exact) mass is 1180 g/mol. The van der Waals surface area contributed by atoms with Crippen LogP contribution in [-0.4, -0.2) is 47.4 Å². The Morgan fingerprint density at radius 1 is 0.333 bits per heavy atom. The molecule has 0 fully saturated rings. The Bertz CT molecular complexity index is 1400. The normalized spacial score (nSPS) is 12.8. The summed E-state index contributed by atoms with van der Waals surface area (Å²) in [5.41, 5.74) is 0. The highest BCUT2D eigenvalue weighted by molar-refractivity contribution is 5.76. The summed E-state index contributed by atoms with van der Waals surface area (Å²) in [4.78, 5) is 24.6. The van der Waals surface area contributed by atoms with E-state index >= 15 is 0 Å². The molecule has 0 heterocycles. The molecule has 0 aromatic carbocycles. The van der Waals surface area contributed by atoms with Crippen LogP contribution in [0.25, 0.3) is 0 Å². The molecule has 0 saturated carbocycles. The van der Waals surface area contributed by atoms with Crippen molar-refractivity contribution < 1.29 is 24.5 Å². The van der Waals surface area contributed by atoms with Gasteiger partial charge in [0.15, 0.2) is 0 Å². The zero-order chi connectivity index (χ0) is 60.6. The highest BCUT2D eigenvalue weighted by Gasteiger charge is 2.18. The first-order valence-electron chi connectivity index (χ1n) is 37.9. The SMILES string of the molecule is CCCCC/C=C\C/C=C\CCCCCCCC(=O)OCCCCCCCCCCCCCC/C=C\CCCCCCCCCCCCCC(=O)NC(CO)C(O)/C=C/CCCCCCCCCCCCCCCCCCCCCCCCC. The van der Waals surface area contributed by atoms with E-state index < -0.39 is 12.1 Å². The quantitative estimate of drug-likeness (QED) is 0.0320. The van der Waals surface area contributed by atoms with E-state index in [4.69, 9.17) is 4.74 Å².